The van der Waals surface area contributed by atoms with Gasteiger partial charge in [0.25, 0.3) is 5.91 Å². The molecule has 0 spiro atoms. The Kier molecular flexibility index (Phi) is 4.16. The maximum atomic E-state index is 12.7. The van der Waals surface area contributed by atoms with Crippen LogP contribution in [0.5, 0.6) is 5.75 Å². The minimum absolute atomic E-state index is 0.0731. The normalized spacial score (nSPS) is 16.8. The highest BCUT2D eigenvalue weighted by molar-refractivity contribution is 5.93. The number of carbonyl (C=O) groups is 1. The highest BCUT2D eigenvalue weighted by atomic mass is 16.5. The number of aromatic nitrogens is 4. The van der Waals surface area contributed by atoms with Crippen molar-refractivity contribution in [1.29, 1.82) is 0 Å². The lowest BCUT2D eigenvalue weighted by atomic mass is 10.1. The van der Waals surface area contributed by atoms with Crippen LogP contribution in [0.15, 0.2) is 34.9 Å². The fourth-order valence-electron chi connectivity index (χ4n) is 3.14. The van der Waals surface area contributed by atoms with Crippen molar-refractivity contribution in [3.8, 4) is 17.0 Å². The maximum Gasteiger partial charge on any atom is 0.271 e. The van der Waals surface area contributed by atoms with E-state index in [1.165, 1.54) is 0 Å². The van der Waals surface area contributed by atoms with Crippen molar-refractivity contribution < 1.29 is 14.1 Å². The predicted molar refractivity (Wildman–Crippen MR) is 92.9 cm³/mol. The van der Waals surface area contributed by atoms with Gasteiger partial charge in [0.05, 0.1) is 18.7 Å². The molecule has 1 saturated heterocycles. The SMILES string of the molecule is COc1ccc(-c2cc(C(=O)N3CC[C@@H](c4nc(C)no4)C3)[nH]n2)cc1. The van der Waals surface area contributed by atoms with Gasteiger partial charge in [-0.1, -0.05) is 5.16 Å². The quantitative estimate of drug-likeness (QED) is 0.773. The monoisotopic (exact) mass is 353 g/mol. The molecule has 1 fully saturated rings. The Balaban J connectivity index is 1.46. The summed E-state index contributed by atoms with van der Waals surface area (Å²) in [5.41, 5.74) is 2.11. The highest BCUT2D eigenvalue weighted by Crippen LogP contribution is 2.27. The largest absolute Gasteiger partial charge is 0.497 e. The molecular formula is C18H19N5O3. The van der Waals surface area contributed by atoms with Gasteiger partial charge in [-0.2, -0.15) is 10.1 Å². The number of aryl methyl sites for hydroxylation is 1. The van der Waals surface area contributed by atoms with E-state index in [9.17, 15) is 4.79 Å². The first-order chi connectivity index (χ1) is 12.6. The van der Waals surface area contributed by atoms with Crippen molar-refractivity contribution in [2.75, 3.05) is 20.2 Å². The third-order valence-corrected chi connectivity index (χ3v) is 4.56. The minimum Gasteiger partial charge on any atom is -0.497 e. The Morgan fingerprint density at radius 2 is 2.15 bits per heavy atom. The summed E-state index contributed by atoms with van der Waals surface area (Å²) in [6, 6.07) is 9.32. The summed E-state index contributed by atoms with van der Waals surface area (Å²) in [5.74, 6) is 2.00. The number of likely N-dealkylation sites (tertiary alicyclic amines) is 1. The Bertz CT molecular complexity index is 915. The molecular weight excluding hydrogens is 334 g/mol. The molecule has 2 aromatic heterocycles. The molecule has 0 aliphatic carbocycles. The van der Waals surface area contributed by atoms with Gasteiger partial charge in [0, 0.05) is 18.7 Å². The molecule has 4 rings (SSSR count). The van der Waals surface area contributed by atoms with Crippen LogP contribution < -0.4 is 4.74 Å². The highest BCUT2D eigenvalue weighted by Gasteiger charge is 2.32. The van der Waals surface area contributed by atoms with Crippen LogP contribution in [0.1, 0.15) is 34.5 Å². The summed E-state index contributed by atoms with van der Waals surface area (Å²) in [4.78, 5) is 18.8. The first kappa shape index (κ1) is 16.3. The first-order valence-electron chi connectivity index (χ1n) is 8.43. The number of benzene rings is 1. The molecule has 1 aliphatic rings. The molecule has 8 nitrogen and oxygen atoms in total. The molecule has 1 atom stereocenters. The van der Waals surface area contributed by atoms with Crippen LogP contribution in [-0.2, 0) is 0 Å². The van der Waals surface area contributed by atoms with Crippen molar-refractivity contribution in [1.82, 2.24) is 25.2 Å². The van der Waals surface area contributed by atoms with E-state index in [-0.39, 0.29) is 11.8 Å². The average molecular weight is 353 g/mol. The lowest BCUT2D eigenvalue weighted by molar-refractivity contribution is 0.0783. The van der Waals surface area contributed by atoms with Gasteiger partial charge in [-0.25, -0.2) is 0 Å². The maximum absolute atomic E-state index is 12.7. The number of carbonyl (C=O) groups excluding carboxylic acids is 1. The third-order valence-electron chi connectivity index (χ3n) is 4.56. The van der Waals surface area contributed by atoms with Crippen LogP contribution in [-0.4, -0.2) is 51.3 Å². The molecule has 3 heterocycles. The zero-order chi connectivity index (χ0) is 18.1. The van der Waals surface area contributed by atoms with Gasteiger partial charge in [-0.05, 0) is 43.7 Å². The van der Waals surface area contributed by atoms with Crippen molar-refractivity contribution in [2.45, 2.75) is 19.3 Å². The molecule has 3 aromatic rings. The Morgan fingerprint density at radius 3 is 2.85 bits per heavy atom. The molecule has 0 saturated carbocycles. The molecule has 26 heavy (non-hydrogen) atoms. The molecule has 1 aromatic carbocycles. The van der Waals surface area contributed by atoms with Crippen LogP contribution in [0.3, 0.4) is 0 Å². The molecule has 1 aliphatic heterocycles. The predicted octanol–water partition coefficient (Wildman–Crippen LogP) is 2.41. The zero-order valence-electron chi connectivity index (χ0n) is 14.6. The summed E-state index contributed by atoms with van der Waals surface area (Å²) in [5, 5.41) is 10.9. The Hall–Kier alpha value is -3.16. The lowest BCUT2D eigenvalue weighted by Crippen LogP contribution is -2.28. The molecule has 1 N–H and O–H groups in total. The molecule has 134 valence electrons. The van der Waals surface area contributed by atoms with Crippen LogP contribution in [0, 0.1) is 6.92 Å². The second kappa shape index (κ2) is 6.62. The van der Waals surface area contributed by atoms with Gasteiger partial charge in [0.15, 0.2) is 5.82 Å². The summed E-state index contributed by atoms with van der Waals surface area (Å²) in [6.45, 7) is 3.01. The average Bonchev–Trinajstić information content (AvgIpc) is 3.41. The van der Waals surface area contributed by atoms with E-state index in [1.807, 2.05) is 24.3 Å². The van der Waals surface area contributed by atoms with Crippen molar-refractivity contribution in [3.05, 3.63) is 47.7 Å². The van der Waals surface area contributed by atoms with E-state index in [0.717, 1.165) is 23.4 Å². The number of aromatic amines is 1. The Morgan fingerprint density at radius 1 is 1.35 bits per heavy atom. The fraction of sp³-hybridized carbons (Fsp3) is 0.333. The second-order valence-corrected chi connectivity index (χ2v) is 6.31. The summed E-state index contributed by atoms with van der Waals surface area (Å²) < 4.78 is 10.4. The van der Waals surface area contributed by atoms with Crippen LogP contribution >= 0.6 is 0 Å². The number of rotatable bonds is 4. The van der Waals surface area contributed by atoms with Crippen LogP contribution in [0.25, 0.3) is 11.3 Å². The molecule has 0 radical (unpaired) electrons. The zero-order valence-corrected chi connectivity index (χ0v) is 14.6. The number of nitrogens with one attached hydrogen (secondary N) is 1. The smallest absolute Gasteiger partial charge is 0.271 e. The molecule has 1 amide bonds. The summed E-state index contributed by atoms with van der Waals surface area (Å²) in [7, 11) is 1.62. The molecule has 8 heteroatoms. The van der Waals surface area contributed by atoms with Crippen LogP contribution in [0.4, 0.5) is 0 Å². The second-order valence-electron chi connectivity index (χ2n) is 6.31. The van der Waals surface area contributed by atoms with Crippen molar-refractivity contribution in [3.63, 3.8) is 0 Å². The van der Waals surface area contributed by atoms with E-state index in [4.69, 9.17) is 9.26 Å². The minimum atomic E-state index is -0.0731. The van der Waals surface area contributed by atoms with Gasteiger partial charge in [0.2, 0.25) is 5.89 Å². The van der Waals surface area contributed by atoms with E-state index in [1.54, 1.807) is 25.0 Å². The third kappa shape index (κ3) is 3.05. The topological polar surface area (TPSA) is 97.1 Å². The molecule has 0 bridgehead atoms. The van der Waals surface area contributed by atoms with E-state index in [2.05, 4.69) is 20.3 Å². The number of methoxy groups -OCH3 is 1. The van der Waals surface area contributed by atoms with E-state index < -0.39 is 0 Å². The lowest BCUT2D eigenvalue weighted by Gasteiger charge is -2.14. The summed E-state index contributed by atoms with van der Waals surface area (Å²) >= 11 is 0. The van der Waals surface area contributed by atoms with Crippen molar-refractivity contribution in [2.24, 2.45) is 0 Å². The van der Waals surface area contributed by atoms with E-state index >= 15 is 0 Å². The number of nitrogens with zero attached hydrogens (tertiary/aromatic N) is 4. The number of ether oxygens (including phenoxy) is 1. The van der Waals surface area contributed by atoms with Gasteiger partial charge < -0.3 is 14.2 Å². The number of amides is 1. The molecule has 0 unspecified atom stereocenters. The van der Waals surface area contributed by atoms with Gasteiger partial charge in [0.1, 0.15) is 11.4 Å². The first-order valence-corrected chi connectivity index (χ1v) is 8.43. The van der Waals surface area contributed by atoms with Gasteiger partial charge in [-0.3, -0.25) is 9.89 Å². The van der Waals surface area contributed by atoms with E-state index in [0.29, 0.717) is 30.5 Å². The van der Waals surface area contributed by atoms with Gasteiger partial charge >= 0.3 is 0 Å². The number of hydrogen-bond acceptors (Lipinski definition) is 6. The van der Waals surface area contributed by atoms with Crippen molar-refractivity contribution >= 4 is 5.91 Å². The van der Waals surface area contributed by atoms with Gasteiger partial charge in [-0.15, -0.1) is 0 Å². The number of H-pyrrole nitrogens is 1. The fourth-order valence-corrected chi connectivity index (χ4v) is 3.14. The summed E-state index contributed by atoms with van der Waals surface area (Å²) in [6.07, 6.45) is 0.812. The standard InChI is InChI=1S/C18H19N5O3/c1-11-19-17(26-22-11)13-7-8-23(10-13)18(24)16-9-15(20-21-16)12-3-5-14(25-2)6-4-12/h3-6,9,13H,7-8,10H2,1-2H3,(H,20,21)/t13-/m1/s1. The van der Waals surface area contributed by atoms with Crippen LogP contribution in [0.2, 0.25) is 0 Å². The Labute approximate surface area is 150 Å². The number of hydrogen-bond donors (Lipinski definition) is 1.